The molecule has 0 spiro atoms. The Morgan fingerprint density at radius 3 is 1.57 bits per heavy atom. The van der Waals surface area contributed by atoms with Crippen LogP contribution in [0.3, 0.4) is 0 Å². The van der Waals surface area contributed by atoms with Gasteiger partial charge in [-0.25, -0.2) is 12.1 Å². The second kappa shape index (κ2) is 11.3. The van der Waals surface area contributed by atoms with Crippen LogP contribution in [0.15, 0.2) is 133 Å². The van der Waals surface area contributed by atoms with Gasteiger partial charge in [0.1, 0.15) is 0 Å². The van der Waals surface area contributed by atoms with Crippen molar-refractivity contribution in [1.82, 2.24) is 0 Å². The Bertz CT molecular complexity index is 966. The average molecular weight is 438 g/mol. The Morgan fingerprint density at radius 1 is 0.536 bits per heavy atom. The number of benzene rings is 3. The van der Waals surface area contributed by atoms with Crippen LogP contribution in [0.4, 0.5) is 0 Å². The third-order valence-electron chi connectivity index (χ3n) is 4.23. The summed E-state index contributed by atoms with van der Waals surface area (Å²) in [6.07, 6.45) is 0. The molecule has 0 radical (unpaired) electrons. The van der Waals surface area contributed by atoms with E-state index in [1.165, 1.54) is 49.3 Å². The molecule has 0 heterocycles. The molecule has 0 fully saturated rings. The first-order valence-corrected chi connectivity index (χ1v) is 10.5. The predicted molar refractivity (Wildman–Crippen MR) is 118 cm³/mol. The zero-order valence-electron chi connectivity index (χ0n) is 15.7. The summed E-state index contributed by atoms with van der Waals surface area (Å²) in [5.41, 5.74) is 2.66. The molecule has 5 aromatic rings. The van der Waals surface area contributed by atoms with Gasteiger partial charge in [-0.3, -0.25) is 0 Å². The monoisotopic (exact) mass is 436 g/mol. The first kappa shape index (κ1) is 20.1. The summed E-state index contributed by atoms with van der Waals surface area (Å²) in [6, 6.07) is 45.8. The second-order valence-electron chi connectivity index (χ2n) is 6.22. The average Bonchev–Trinajstić information content (AvgIpc) is 3.50. The minimum absolute atomic E-state index is 1.33. The summed E-state index contributed by atoms with van der Waals surface area (Å²) in [7, 11) is 0. The SMILES string of the molecule is [Zr+2]=[C](c1ccccc1)c1ccccc1.c1cc[cH-]c1.c1ccc2[cH-]ccc2c1. The quantitative estimate of drug-likeness (QED) is 0.267. The van der Waals surface area contributed by atoms with Gasteiger partial charge >= 0.3 is 99.2 Å². The summed E-state index contributed by atoms with van der Waals surface area (Å²) in [5.74, 6) is 0. The van der Waals surface area contributed by atoms with Gasteiger partial charge in [0.15, 0.2) is 0 Å². The molecule has 0 nitrogen and oxygen atoms in total. The van der Waals surface area contributed by atoms with Gasteiger partial charge in [-0.05, 0) is 0 Å². The molecule has 0 aromatic heterocycles. The Labute approximate surface area is 182 Å². The largest absolute Gasteiger partial charge is 0.214 e. The van der Waals surface area contributed by atoms with Crippen LogP contribution in [0.5, 0.6) is 0 Å². The van der Waals surface area contributed by atoms with Gasteiger partial charge in [-0.2, -0.15) is 35.7 Å². The number of rotatable bonds is 2. The number of hydrogen-bond donors (Lipinski definition) is 0. The molecule has 0 atom stereocenters. The van der Waals surface area contributed by atoms with Crippen LogP contribution in [-0.4, -0.2) is 3.21 Å². The van der Waals surface area contributed by atoms with Gasteiger partial charge in [-0.1, -0.05) is 6.07 Å². The van der Waals surface area contributed by atoms with Crippen molar-refractivity contribution in [3.8, 4) is 0 Å². The van der Waals surface area contributed by atoms with Crippen molar-refractivity contribution in [2.45, 2.75) is 0 Å². The van der Waals surface area contributed by atoms with E-state index < -0.39 is 0 Å². The number of fused-ring (bicyclic) bond motifs is 1. The van der Waals surface area contributed by atoms with Gasteiger partial charge in [0.25, 0.3) is 0 Å². The van der Waals surface area contributed by atoms with Crippen molar-refractivity contribution in [1.29, 1.82) is 0 Å². The maximum absolute atomic E-state index is 2.16. The van der Waals surface area contributed by atoms with Crippen molar-refractivity contribution < 1.29 is 24.2 Å². The summed E-state index contributed by atoms with van der Waals surface area (Å²) in [5, 5.41) is 2.66. The zero-order chi connectivity index (χ0) is 19.4. The molecule has 0 bridgehead atoms. The van der Waals surface area contributed by atoms with E-state index in [0.29, 0.717) is 0 Å². The first-order valence-electron chi connectivity index (χ1n) is 9.31. The van der Waals surface area contributed by atoms with E-state index in [9.17, 15) is 0 Å². The molecule has 28 heavy (non-hydrogen) atoms. The van der Waals surface area contributed by atoms with Gasteiger partial charge in [-0.15, -0.1) is 29.7 Å². The fourth-order valence-corrected chi connectivity index (χ4v) is 3.59. The third-order valence-corrected chi connectivity index (χ3v) is 5.65. The van der Waals surface area contributed by atoms with Crippen LogP contribution < -0.4 is 0 Å². The molecule has 0 saturated heterocycles. The van der Waals surface area contributed by atoms with Crippen LogP contribution in [0.1, 0.15) is 11.1 Å². The smallest absolute Gasteiger partial charge is 0.0809 e. The van der Waals surface area contributed by atoms with E-state index in [2.05, 4.69) is 103 Å². The molecule has 0 N–H and O–H groups in total. The normalized spacial score (nSPS) is 9.64. The molecular formula is C27H22Zr. The summed E-state index contributed by atoms with van der Waals surface area (Å²) >= 11 is 1.46. The molecule has 134 valence electrons. The van der Waals surface area contributed by atoms with Crippen molar-refractivity contribution in [2.24, 2.45) is 0 Å². The van der Waals surface area contributed by atoms with Crippen molar-refractivity contribution in [3.05, 3.63) is 145 Å². The van der Waals surface area contributed by atoms with Crippen LogP contribution in [0, 0.1) is 0 Å². The molecule has 1 heteroatoms. The van der Waals surface area contributed by atoms with Crippen LogP contribution in [0.2, 0.25) is 0 Å². The molecule has 0 aliphatic rings. The minimum atomic E-state index is 1.33. The molecule has 0 aliphatic carbocycles. The topological polar surface area (TPSA) is 0 Å². The summed E-state index contributed by atoms with van der Waals surface area (Å²) in [6.45, 7) is 0. The van der Waals surface area contributed by atoms with Crippen LogP contribution >= 0.6 is 0 Å². The van der Waals surface area contributed by atoms with E-state index in [-0.39, 0.29) is 0 Å². The van der Waals surface area contributed by atoms with Crippen molar-refractivity contribution in [3.63, 3.8) is 0 Å². The standard InChI is InChI=1S/C13H10.C9H7.C5H5.Zr/c1-3-7-12(8-4-1)11-13-9-5-2-6-10-13;1-2-5-9-7-3-6-8(9)4-1;1-2-4-5-3-1;/h1-10H;1-7H;1-5H;/q;2*-1;+2. The summed E-state index contributed by atoms with van der Waals surface area (Å²) in [4.78, 5) is 0. The number of hydrogen-bond acceptors (Lipinski definition) is 0. The molecule has 0 amide bonds. The van der Waals surface area contributed by atoms with Gasteiger partial charge in [0, 0.05) is 0 Å². The maximum atomic E-state index is 2.16. The van der Waals surface area contributed by atoms with E-state index in [4.69, 9.17) is 0 Å². The molecule has 5 aromatic carbocycles. The van der Waals surface area contributed by atoms with Gasteiger partial charge in [0.05, 0.1) is 0 Å². The molecule has 0 unspecified atom stereocenters. The Morgan fingerprint density at radius 2 is 1.07 bits per heavy atom. The first-order chi connectivity index (χ1) is 13.8. The Kier molecular flexibility index (Phi) is 8.10. The molecular weight excluding hydrogens is 416 g/mol. The molecule has 5 rings (SSSR count). The van der Waals surface area contributed by atoms with Crippen molar-refractivity contribution in [2.75, 3.05) is 0 Å². The van der Waals surface area contributed by atoms with Gasteiger partial charge in [0.2, 0.25) is 0 Å². The Balaban J connectivity index is 0.000000136. The van der Waals surface area contributed by atoms with Gasteiger partial charge < -0.3 is 0 Å². The maximum Gasteiger partial charge on any atom is -0.0809 e. The van der Waals surface area contributed by atoms with E-state index in [1.54, 1.807) is 0 Å². The molecule has 0 saturated carbocycles. The van der Waals surface area contributed by atoms with E-state index >= 15 is 0 Å². The summed E-state index contributed by atoms with van der Waals surface area (Å²) < 4.78 is 1.42. The fourth-order valence-electron chi connectivity index (χ4n) is 2.77. The third kappa shape index (κ3) is 6.22. The molecule has 0 aliphatic heterocycles. The second-order valence-corrected chi connectivity index (χ2v) is 7.45. The predicted octanol–water partition coefficient (Wildman–Crippen LogP) is 6.77. The van der Waals surface area contributed by atoms with Crippen molar-refractivity contribution >= 4 is 14.0 Å². The minimum Gasteiger partial charge on any atom is -0.214 e. The van der Waals surface area contributed by atoms with Crippen LogP contribution in [-0.2, 0) is 24.2 Å². The van der Waals surface area contributed by atoms with Crippen LogP contribution in [0.25, 0.3) is 10.8 Å². The van der Waals surface area contributed by atoms with E-state index in [1.807, 2.05) is 30.3 Å². The zero-order valence-corrected chi connectivity index (χ0v) is 18.2. The Hall–Kier alpha value is -2.63. The van der Waals surface area contributed by atoms with E-state index in [0.717, 1.165) is 0 Å². The fraction of sp³-hybridized carbons (Fsp3) is 0.